The number of nitrogens with one attached hydrogen (secondary N) is 1. The number of rotatable bonds is 5. The zero-order valence-corrected chi connectivity index (χ0v) is 19.6. The van der Waals surface area contributed by atoms with Gasteiger partial charge in [-0.2, -0.15) is 0 Å². The molecular formula is C26H29N5O3. The highest BCUT2D eigenvalue weighted by Gasteiger charge is 2.36. The van der Waals surface area contributed by atoms with Crippen LogP contribution in [0.3, 0.4) is 0 Å². The van der Waals surface area contributed by atoms with Crippen LogP contribution in [0.1, 0.15) is 37.1 Å². The summed E-state index contributed by atoms with van der Waals surface area (Å²) in [5.41, 5.74) is 3.41. The van der Waals surface area contributed by atoms with Gasteiger partial charge in [-0.25, -0.2) is 0 Å². The zero-order valence-electron chi connectivity index (χ0n) is 19.6. The highest BCUT2D eigenvalue weighted by molar-refractivity contribution is 6.04. The van der Waals surface area contributed by atoms with E-state index in [-0.39, 0.29) is 18.2 Å². The molecule has 8 heteroatoms. The first-order chi connectivity index (χ1) is 16.5. The van der Waals surface area contributed by atoms with E-state index in [9.17, 15) is 9.59 Å². The Morgan fingerprint density at radius 2 is 1.91 bits per heavy atom. The normalized spacial score (nSPS) is 17.9. The summed E-state index contributed by atoms with van der Waals surface area (Å²) in [5, 5.41) is 11.7. The van der Waals surface area contributed by atoms with Gasteiger partial charge in [-0.15, -0.1) is 10.2 Å². The number of methoxy groups -OCH3 is 1. The average Bonchev–Trinajstić information content (AvgIpc) is 3.35. The molecule has 34 heavy (non-hydrogen) atoms. The van der Waals surface area contributed by atoms with Gasteiger partial charge in [-0.05, 0) is 61.7 Å². The third kappa shape index (κ3) is 4.27. The first kappa shape index (κ1) is 22.1. The first-order valence-corrected chi connectivity index (χ1v) is 11.8. The maximum atomic E-state index is 13.0. The molecule has 1 unspecified atom stereocenters. The fraction of sp³-hybridized carbons (Fsp3) is 0.385. The molecule has 1 aromatic heterocycles. The standard InChI is InChI=1S/C26H29N5O3/c1-17-7-12-22(34-2)21(14-17)31-16-19(15-24(31)32)26(33)27-20-10-8-18(9-11-20)25-29-28-23-6-4-3-5-13-30(23)25/h7-12,14,19H,3-6,13,15-16H2,1-2H3,(H,27,33). The Kier molecular flexibility index (Phi) is 6.04. The molecule has 0 radical (unpaired) electrons. The van der Waals surface area contributed by atoms with E-state index in [0.29, 0.717) is 23.7 Å². The lowest BCUT2D eigenvalue weighted by molar-refractivity contribution is -0.122. The number of ether oxygens (including phenoxy) is 1. The van der Waals surface area contributed by atoms with E-state index in [2.05, 4.69) is 20.1 Å². The molecule has 1 N–H and O–H groups in total. The van der Waals surface area contributed by atoms with E-state index < -0.39 is 5.92 Å². The lowest BCUT2D eigenvalue weighted by Crippen LogP contribution is -2.28. The second kappa shape index (κ2) is 9.29. The number of benzene rings is 2. The van der Waals surface area contributed by atoms with Gasteiger partial charge in [0.05, 0.1) is 18.7 Å². The molecule has 1 fully saturated rings. The third-order valence-corrected chi connectivity index (χ3v) is 6.64. The minimum absolute atomic E-state index is 0.0769. The SMILES string of the molecule is COc1ccc(C)cc1N1CC(C(=O)Nc2ccc(-c3nnc4n3CCCCC4)cc2)CC1=O. The number of nitrogens with zero attached hydrogens (tertiary/aromatic N) is 4. The minimum atomic E-state index is -0.426. The number of aryl methyl sites for hydroxylation is 2. The Morgan fingerprint density at radius 3 is 2.71 bits per heavy atom. The number of carbonyl (C=O) groups is 2. The Bertz CT molecular complexity index is 1220. The molecule has 1 atom stereocenters. The number of anilines is 2. The minimum Gasteiger partial charge on any atom is -0.495 e. The van der Waals surface area contributed by atoms with Crippen molar-refractivity contribution >= 4 is 23.2 Å². The molecule has 2 aromatic carbocycles. The molecule has 0 spiro atoms. The molecule has 8 nitrogen and oxygen atoms in total. The molecule has 5 rings (SSSR count). The molecule has 0 saturated carbocycles. The lowest BCUT2D eigenvalue weighted by Gasteiger charge is -2.20. The molecule has 0 bridgehead atoms. The Balaban J connectivity index is 1.27. The van der Waals surface area contributed by atoms with Crippen LogP contribution in [-0.2, 0) is 22.6 Å². The van der Waals surface area contributed by atoms with Crippen LogP contribution >= 0.6 is 0 Å². The van der Waals surface area contributed by atoms with Crippen molar-refractivity contribution in [3.8, 4) is 17.1 Å². The van der Waals surface area contributed by atoms with Gasteiger partial charge in [0.1, 0.15) is 11.6 Å². The van der Waals surface area contributed by atoms with Crippen molar-refractivity contribution < 1.29 is 14.3 Å². The van der Waals surface area contributed by atoms with E-state index in [1.807, 2.05) is 49.4 Å². The van der Waals surface area contributed by atoms with Crippen molar-refractivity contribution in [2.24, 2.45) is 5.92 Å². The fourth-order valence-corrected chi connectivity index (χ4v) is 4.77. The fourth-order valence-electron chi connectivity index (χ4n) is 4.77. The largest absolute Gasteiger partial charge is 0.495 e. The number of aromatic nitrogens is 3. The monoisotopic (exact) mass is 459 g/mol. The first-order valence-electron chi connectivity index (χ1n) is 11.8. The van der Waals surface area contributed by atoms with Gasteiger partial charge in [0.2, 0.25) is 11.8 Å². The predicted octanol–water partition coefficient (Wildman–Crippen LogP) is 3.98. The Morgan fingerprint density at radius 1 is 1.09 bits per heavy atom. The van der Waals surface area contributed by atoms with Crippen molar-refractivity contribution in [1.29, 1.82) is 0 Å². The van der Waals surface area contributed by atoms with E-state index in [1.165, 1.54) is 6.42 Å². The highest BCUT2D eigenvalue weighted by Crippen LogP contribution is 2.34. The van der Waals surface area contributed by atoms with Crippen LogP contribution in [0.2, 0.25) is 0 Å². The average molecular weight is 460 g/mol. The van der Waals surface area contributed by atoms with E-state index in [4.69, 9.17) is 4.74 Å². The van der Waals surface area contributed by atoms with Crippen molar-refractivity contribution in [3.63, 3.8) is 0 Å². The molecule has 2 amide bonds. The quantitative estimate of drug-likeness (QED) is 0.623. The van der Waals surface area contributed by atoms with Gasteiger partial charge in [-0.1, -0.05) is 12.5 Å². The maximum Gasteiger partial charge on any atom is 0.229 e. The van der Waals surface area contributed by atoms with Gasteiger partial charge in [0, 0.05) is 37.2 Å². The smallest absolute Gasteiger partial charge is 0.229 e. The summed E-state index contributed by atoms with van der Waals surface area (Å²) in [4.78, 5) is 27.3. The number of fused-ring (bicyclic) bond motifs is 1. The molecule has 176 valence electrons. The highest BCUT2D eigenvalue weighted by atomic mass is 16.5. The van der Waals surface area contributed by atoms with Crippen LogP contribution in [-0.4, -0.2) is 40.2 Å². The van der Waals surface area contributed by atoms with E-state index >= 15 is 0 Å². The van der Waals surface area contributed by atoms with Gasteiger partial charge < -0.3 is 19.5 Å². The van der Waals surface area contributed by atoms with Crippen LogP contribution in [0.4, 0.5) is 11.4 Å². The topological polar surface area (TPSA) is 89.3 Å². The van der Waals surface area contributed by atoms with Gasteiger partial charge in [0.15, 0.2) is 5.82 Å². The van der Waals surface area contributed by atoms with Crippen LogP contribution in [0.25, 0.3) is 11.4 Å². The van der Waals surface area contributed by atoms with Crippen molar-refractivity contribution in [2.75, 3.05) is 23.9 Å². The molecule has 2 aliphatic heterocycles. The number of carbonyl (C=O) groups excluding carboxylic acids is 2. The predicted molar refractivity (Wildman–Crippen MR) is 130 cm³/mol. The Labute approximate surface area is 198 Å². The summed E-state index contributed by atoms with van der Waals surface area (Å²) < 4.78 is 7.64. The van der Waals surface area contributed by atoms with Gasteiger partial charge in [0.25, 0.3) is 0 Å². The van der Waals surface area contributed by atoms with Crippen LogP contribution in [0.15, 0.2) is 42.5 Å². The summed E-state index contributed by atoms with van der Waals surface area (Å²) in [5.74, 6) is 1.88. The van der Waals surface area contributed by atoms with Gasteiger partial charge in [-0.3, -0.25) is 9.59 Å². The van der Waals surface area contributed by atoms with Crippen molar-refractivity contribution in [3.05, 3.63) is 53.9 Å². The van der Waals surface area contributed by atoms with E-state index in [1.54, 1.807) is 12.0 Å². The van der Waals surface area contributed by atoms with Crippen LogP contribution < -0.4 is 15.0 Å². The van der Waals surface area contributed by atoms with Crippen LogP contribution in [0.5, 0.6) is 5.75 Å². The zero-order chi connectivity index (χ0) is 23.7. The molecule has 3 heterocycles. The molecule has 1 saturated heterocycles. The number of hydrogen-bond acceptors (Lipinski definition) is 5. The summed E-state index contributed by atoms with van der Waals surface area (Å²) in [7, 11) is 1.58. The van der Waals surface area contributed by atoms with E-state index in [0.717, 1.165) is 48.6 Å². The summed E-state index contributed by atoms with van der Waals surface area (Å²) >= 11 is 0. The molecular weight excluding hydrogens is 430 g/mol. The maximum absolute atomic E-state index is 13.0. The molecule has 0 aliphatic carbocycles. The second-order valence-corrected chi connectivity index (χ2v) is 9.05. The molecule has 3 aromatic rings. The third-order valence-electron chi connectivity index (χ3n) is 6.64. The number of amides is 2. The van der Waals surface area contributed by atoms with Crippen molar-refractivity contribution in [2.45, 2.75) is 45.6 Å². The second-order valence-electron chi connectivity index (χ2n) is 9.05. The molecule has 2 aliphatic rings. The Hall–Kier alpha value is -3.68. The van der Waals surface area contributed by atoms with Crippen molar-refractivity contribution in [1.82, 2.24) is 14.8 Å². The number of hydrogen-bond donors (Lipinski definition) is 1. The summed E-state index contributed by atoms with van der Waals surface area (Å²) in [6, 6.07) is 13.4. The lowest BCUT2D eigenvalue weighted by atomic mass is 10.1. The van der Waals surface area contributed by atoms with Gasteiger partial charge >= 0.3 is 0 Å². The van der Waals surface area contributed by atoms with Crippen LogP contribution in [0, 0.1) is 12.8 Å². The summed E-state index contributed by atoms with van der Waals surface area (Å²) in [6.45, 7) is 3.23. The summed E-state index contributed by atoms with van der Waals surface area (Å²) in [6.07, 6.45) is 4.64.